The first-order valence-electron chi connectivity index (χ1n) is 14.8. The molecule has 0 heterocycles. The highest BCUT2D eigenvalue weighted by molar-refractivity contribution is 7.93. The lowest BCUT2D eigenvalue weighted by atomic mass is 10.0. The summed E-state index contributed by atoms with van der Waals surface area (Å²) in [6.07, 6.45) is 2.97. The average molecular weight is 663 g/mol. The first-order chi connectivity index (χ1) is 22.1. The lowest BCUT2D eigenvalue weighted by Crippen LogP contribution is -2.52. The van der Waals surface area contributed by atoms with Crippen LogP contribution in [0.5, 0.6) is 5.75 Å². The average Bonchev–Trinajstić information content (AvgIpc) is 3.07. The van der Waals surface area contributed by atoms with Crippen LogP contribution in [0.25, 0.3) is 11.1 Å². The van der Waals surface area contributed by atoms with Crippen LogP contribution in [0.3, 0.4) is 0 Å². The van der Waals surface area contributed by atoms with E-state index in [1.807, 2.05) is 42.5 Å². The smallest absolute Gasteiger partial charge is 0.252 e. The normalized spacial score (nSPS) is 18.4. The molecule has 0 aliphatic heterocycles. The molecule has 0 saturated heterocycles. The van der Waals surface area contributed by atoms with E-state index in [2.05, 4.69) is 10.6 Å². The van der Waals surface area contributed by atoms with Crippen molar-refractivity contribution in [3.63, 3.8) is 0 Å². The molecular weight excluding hydrogens is 630 g/mol. The molecule has 1 aliphatic carbocycles. The zero-order chi connectivity index (χ0) is 32.7. The summed E-state index contributed by atoms with van der Waals surface area (Å²) in [6, 6.07) is 27.3. The van der Waals surface area contributed by atoms with Crippen molar-refractivity contribution in [2.24, 2.45) is 0 Å². The second-order valence-corrected chi connectivity index (χ2v) is 13.4. The molecule has 5 rings (SSSR count). The molecular formula is C36H33ClF2N2O4S. The molecule has 0 saturated carbocycles. The van der Waals surface area contributed by atoms with Gasteiger partial charge >= 0.3 is 0 Å². The van der Waals surface area contributed by atoms with Gasteiger partial charge in [0.25, 0.3) is 10.9 Å². The molecule has 0 fully saturated rings. The van der Waals surface area contributed by atoms with Crippen molar-refractivity contribution >= 4 is 27.3 Å². The Morgan fingerprint density at radius 2 is 1.59 bits per heavy atom. The first-order valence-corrected chi connectivity index (χ1v) is 16.6. The fourth-order valence-electron chi connectivity index (χ4n) is 5.17. The number of carbonyl (C=O) groups excluding carboxylic acids is 1. The number of carbonyl (C=O) groups is 1. The topological polar surface area (TPSA) is 84.5 Å². The molecule has 0 bridgehead atoms. The van der Waals surface area contributed by atoms with Gasteiger partial charge in [-0.15, -0.1) is 0 Å². The monoisotopic (exact) mass is 662 g/mol. The minimum atomic E-state index is -4.60. The Morgan fingerprint density at radius 3 is 2.30 bits per heavy atom. The van der Waals surface area contributed by atoms with Gasteiger partial charge in [0.2, 0.25) is 9.84 Å². The molecule has 3 unspecified atom stereocenters. The van der Waals surface area contributed by atoms with Crippen molar-refractivity contribution < 1.29 is 26.7 Å². The molecule has 4 aromatic carbocycles. The van der Waals surface area contributed by atoms with E-state index in [-0.39, 0.29) is 17.4 Å². The number of rotatable bonds is 12. The van der Waals surface area contributed by atoms with Gasteiger partial charge in [-0.1, -0.05) is 72.3 Å². The van der Waals surface area contributed by atoms with E-state index in [0.717, 1.165) is 29.4 Å². The van der Waals surface area contributed by atoms with Crippen LogP contribution in [-0.2, 0) is 9.84 Å². The van der Waals surface area contributed by atoms with Gasteiger partial charge in [-0.2, -0.15) is 0 Å². The van der Waals surface area contributed by atoms with Gasteiger partial charge in [0.15, 0.2) is 0 Å². The molecule has 0 aromatic heterocycles. The number of halogens is 3. The molecule has 0 radical (unpaired) electrons. The van der Waals surface area contributed by atoms with Crippen LogP contribution in [0.4, 0.5) is 8.78 Å². The lowest BCUT2D eigenvalue weighted by Gasteiger charge is -2.34. The summed E-state index contributed by atoms with van der Waals surface area (Å²) in [4.78, 5) is 12.4. The maximum Gasteiger partial charge on any atom is 0.252 e. The van der Waals surface area contributed by atoms with Crippen molar-refractivity contribution in [2.45, 2.75) is 35.3 Å². The second kappa shape index (κ2) is 14.4. The Hall–Kier alpha value is -4.31. The van der Waals surface area contributed by atoms with Gasteiger partial charge in [0.05, 0.1) is 17.5 Å². The standard InChI is InChI=1S/C36H33ClF2N2O4S/c1-25(41-34-24-30(38)20-21-36(34,39)46(43,44)31-18-16-29(37)17-19-31)32-10-5-6-11-33(32)45-23-7-22-40-35(42)28-14-12-27(13-15-28)26-8-3-2-4-9-26/h2-6,8-21,24-25,34,41H,7,22-23H2,1H3,(H,40,42). The number of allylic oxidation sites excluding steroid dienone is 2. The minimum Gasteiger partial charge on any atom is -0.493 e. The highest BCUT2D eigenvalue weighted by Gasteiger charge is 2.51. The van der Waals surface area contributed by atoms with Gasteiger partial charge in [-0.05, 0) is 85.2 Å². The number of para-hydroxylation sites is 1. The van der Waals surface area contributed by atoms with Crippen LogP contribution in [-0.4, -0.2) is 38.5 Å². The largest absolute Gasteiger partial charge is 0.493 e. The van der Waals surface area contributed by atoms with Gasteiger partial charge < -0.3 is 10.1 Å². The van der Waals surface area contributed by atoms with E-state index in [1.54, 1.807) is 43.3 Å². The number of alkyl halides is 1. The van der Waals surface area contributed by atoms with Crippen LogP contribution in [0, 0.1) is 0 Å². The fraction of sp³-hybridized carbons (Fsp3) is 0.194. The number of nitrogens with one attached hydrogen (secondary N) is 2. The molecule has 0 spiro atoms. The number of amides is 1. The Labute approximate surface area is 272 Å². The van der Waals surface area contributed by atoms with Crippen LogP contribution in [0.1, 0.15) is 35.3 Å². The molecule has 2 N–H and O–H groups in total. The van der Waals surface area contributed by atoms with Crippen LogP contribution in [0.15, 0.2) is 132 Å². The minimum absolute atomic E-state index is 0.192. The zero-order valence-corrected chi connectivity index (χ0v) is 26.6. The maximum absolute atomic E-state index is 16.5. The Bertz CT molecular complexity index is 1830. The van der Waals surface area contributed by atoms with Crippen molar-refractivity contribution in [2.75, 3.05) is 13.2 Å². The molecule has 46 heavy (non-hydrogen) atoms. The maximum atomic E-state index is 16.5. The molecule has 3 atom stereocenters. The third-order valence-electron chi connectivity index (χ3n) is 7.69. The van der Waals surface area contributed by atoms with E-state index < -0.39 is 32.7 Å². The molecule has 238 valence electrons. The highest BCUT2D eigenvalue weighted by atomic mass is 35.5. The summed E-state index contributed by atoms with van der Waals surface area (Å²) in [5.41, 5.74) is 3.27. The summed E-state index contributed by atoms with van der Waals surface area (Å²) in [7, 11) is -4.60. The Morgan fingerprint density at radius 1 is 0.935 bits per heavy atom. The molecule has 10 heteroatoms. The summed E-state index contributed by atoms with van der Waals surface area (Å²) >= 11 is 5.89. The molecule has 6 nitrogen and oxygen atoms in total. The third kappa shape index (κ3) is 7.39. The van der Waals surface area contributed by atoms with Crippen molar-refractivity contribution in [3.8, 4) is 16.9 Å². The number of hydrogen-bond donors (Lipinski definition) is 2. The summed E-state index contributed by atoms with van der Waals surface area (Å²) in [5.74, 6) is -0.461. The highest BCUT2D eigenvalue weighted by Crippen LogP contribution is 2.38. The van der Waals surface area contributed by atoms with E-state index in [9.17, 15) is 17.6 Å². The number of ether oxygens (including phenoxy) is 1. The van der Waals surface area contributed by atoms with E-state index in [4.69, 9.17) is 16.3 Å². The summed E-state index contributed by atoms with van der Waals surface area (Å²) in [5, 5.41) is 3.17. The van der Waals surface area contributed by atoms with Crippen molar-refractivity contribution in [3.05, 3.63) is 143 Å². The Balaban J connectivity index is 1.19. The summed E-state index contributed by atoms with van der Waals surface area (Å²) < 4.78 is 63.7. The molecule has 1 amide bonds. The number of hydrogen-bond acceptors (Lipinski definition) is 5. The van der Waals surface area contributed by atoms with Crippen LogP contribution >= 0.6 is 11.6 Å². The predicted octanol–water partition coefficient (Wildman–Crippen LogP) is 7.79. The first kappa shape index (κ1) is 33.1. The quantitative estimate of drug-likeness (QED) is 0.151. The predicted molar refractivity (Wildman–Crippen MR) is 177 cm³/mol. The van der Waals surface area contributed by atoms with Gasteiger partial charge in [0, 0.05) is 28.7 Å². The third-order valence-corrected chi connectivity index (χ3v) is 10.0. The van der Waals surface area contributed by atoms with Gasteiger partial charge in [-0.25, -0.2) is 17.2 Å². The van der Waals surface area contributed by atoms with Crippen LogP contribution in [0.2, 0.25) is 5.02 Å². The summed E-state index contributed by atoms with van der Waals surface area (Å²) in [6.45, 7) is 2.36. The van der Waals surface area contributed by atoms with E-state index in [1.165, 1.54) is 24.3 Å². The van der Waals surface area contributed by atoms with Crippen LogP contribution < -0.4 is 15.4 Å². The van der Waals surface area contributed by atoms with Crippen molar-refractivity contribution in [1.29, 1.82) is 0 Å². The number of benzene rings is 4. The lowest BCUT2D eigenvalue weighted by molar-refractivity contribution is 0.0951. The van der Waals surface area contributed by atoms with E-state index in [0.29, 0.717) is 34.9 Å². The van der Waals surface area contributed by atoms with E-state index >= 15 is 4.39 Å². The second-order valence-electron chi connectivity index (χ2n) is 10.8. The Kier molecular flexibility index (Phi) is 10.4. The molecule has 4 aromatic rings. The fourth-order valence-corrected chi connectivity index (χ4v) is 6.87. The van der Waals surface area contributed by atoms with Crippen molar-refractivity contribution in [1.82, 2.24) is 10.6 Å². The van der Waals surface area contributed by atoms with Gasteiger partial charge in [0.1, 0.15) is 11.6 Å². The SMILES string of the molecule is CC(NC1C=C(F)C=CC1(F)S(=O)(=O)c1ccc(Cl)cc1)c1ccccc1OCCCNC(=O)c1ccc(-c2ccccc2)cc1. The zero-order valence-electron chi connectivity index (χ0n) is 25.0. The molecule has 1 aliphatic rings. The van der Waals surface area contributed by atoms with Gasteiger partial charge in [-0.3, -0.25) is 10.1 Å². The number of sulfone groups is 1.